The molecule has 0 aliphatic heterocycles. The summed E-state index contributed by atoms with van der Waals surface area (Å²) in [6.45, 7) is 4.44. The molecule has 1 atom stereocenters. The molecule has 16 heavy (non-hydrogen) atoms. The molecule has 4 heteroatoms. The highest BCUT2D eigenvalue weighted by Gasteiger charge is 2.26. The molecule has 1 aromatic carbocycles. The van der Waals surface area contributed by atoms with E-state index in [-0.39, 0.29) is 12.4 Å². The number of halogens is 1. The topological polar surface area (TPSA) is 44.5 Å². The lowest BCUT2D eigenvalue weighted by Crippen LogP contribution is -2.39. The summed E-state index contributed by atoms with van der Waals surface area (Å²) in [5.74, 6) is -0.222. The lowest BCUT2D eigenvalue weighted by atomic mass is 9.93. The average molecular weight is 227 g/mol. The van der Waals surface area contributed by atoms with Crippen molar-refractivity contribution in [1.82, 2.24) is 0 Å². The summed E-state index contributed by atoms with van der Waals surface area (Å²) in [5, 5.41) is 0. The average Bonchev–Trinajstić information content (AvgIpc) is 2.26. The smallest absolute Gasteiger partial charge is 0.170 e. The number of methoxy groups -OCH3 is 1. The summed E-state index contributed by atoms with van der Waals surface area (Å²) in [4.78, 5) is 0. The van der Waals surface area contributed by atoms with Gasteiger partial charge in [0.05, 0.1) is 19.3 Å². The van der Waals surface area contributed by atoms with E-state index in [2.05, 4.69) is 0 Å². The van der Waals surface area contributed by atoms with Crippen molar-refractivity contribution in [3.8, 4) is 5.75 Å². The Bertz CT molecular complexity index is 353. The molecule has 0 spiro atoms. The van der Waals surface area contributed by atoms with Crippen LogP contribution in [0.3, 0.4) is 0 Å². The third kappa shape index (κ3) is 2.71. The van der Waals surface area contributed by atoms with Crippen LogP contribution in [0.4, 0.5) is 4.39 Å². The largest absolute Gasteiger partial charge is 0.494 e. The second-order valence-corrected chi connectivity index (χ2v) is 3.88. The maximum atomic E-state index is 13.9. The first-order valence-corrected chi connectivity index (χ1v) is 5.22. The minimum atomic E-state index is -0.853. The highest BCUT2D eigenvalue weighted by Crippen LogP contribution is 2.27. The number of hydrogen-bond acceptors (Lipinski definition) is 3. The van der Waals surface area contributed by atoms with Gasteiger partial charge in [-0.1, -0.05) is 12.1 Å². The van der Waals surface area contributed by atoms with Crippen molar-refractivity contribution in [1.29, 1.82) is 0 Å². The molecule has 0 bridgehead atoms. The molecule has 0 amide bonds. The lowest BCUT2D eigenvalue weighted by Gasteiger charge is -2.25. The summed E-state index contributed by atoms with van der Waals surface area (Å²) in [7, 11) is 1.43. The fourth-order valence-corrected chi connectivity index (χ4v) is 1.50. The minimum Gasteiger partial charge on any atom is -0.494 e. The van der Waals surface area contributed by atoms with Gasteiger partial charge in [-0.15, -0.1) is 0 Å². The van der Waals surface area contributed by atoms with Crippen LogP contribution >= 0.6 is 0 Å². The van der Waals surface area contributed by atoms with Crippen LogP contribution in [-0.4, -0.2) is 20.3 Å². The molecule has 0 aliphatic rings. The first-order chi connectivity index (χ1) is 7.53. The van der Waals surface area contributed by atoms with Crippen LogP contribution < -0.4 is 10.5 Å². The van der Waals surface area contributed by atoms with Crippen LogP contribution in [0.15, 0.2) is 18.2 Å². The van der Waals surface area contributed by atoms with Gasteiger partial charge in [0.2, 0.25) is 0 Å². The zero-order chi connectivity index (χ0) is 12.2. The molecule has 0 aliphatic carbocycles. The van der Waals surface area contributed by atoms with E-state index in [1.807, 2.05) is 6.92 Å². The summed E-state index contributed by atoms with van der Waals surface area (Å²) in [5.41, 5.74) is 5.58. The Labute approximate surface area is 95.4 Å². The molecule has 2 N–H and O–H groups in total. The third-order valence-corrected chi connectivity index (χ3v) is 2.40. The molecule has 0 heterocycles. The Morgan fingerprint density at radius 1 is 1.44 bits per heavy atom. The van der Waals surface area contributed by atoms with Crippen LogP contribution in [0, 0.1) is 5.82 Å². The molecule has 0 fully saturated rings. The Kier molecular flexibility index (Phi) is 4.26. The Balaban J connectivity index is 3.02. The molecular weight excluding hydrogens is 209 g/mol. The van der Waals surface area contributed by atoms with E-state index in [1.54, 1.807) is 25.1 Å². The summed E-state index contributed by atoms with van der Waals surface area (Å²) in [6.07, 6.45) is 0. The summed E-state index contributed by atoms with van der Waals surface area (Å²) in [6, 6.07) is 4.93. The van der Waals surface area contributed by atoms with Gasteiger partial charge in [-0.3, -0.25) is 0 Å². The maximum Gasteiger partial charge on any atom is 0.170 e. The molecule has 1 unspecified atom stereocenters. The van der Waals surface area contributed by atoms with E-state index in [1.165, 1.54) is 7.11 Å². The number of ether oxygens (including phenoxy) is 2. The number of hydrogen-bond donors (Lipinski definition) is 1. The van der Waals surface area contributed by atoms with Crippen molar-refractivity contribution in [2.75, 3.05) is 20.3 Å². The van der Waals surface area contributed by atoms with Gasteiger partial charge in [0.25, 0.3) is 0 Å². The zero-order valence-corrected chi connectivity index (χ0v) is 9.92. The van der Waals surface area contributed by atoms with E-state index >= 15 is 0 Å². The van der Waals surface area contributed by atoms with Crippen LogP contribution in [0.5, 0.6) is 5.75 Å². The monoisotopic (exact) mass is 227 g/mol. The third-order valence-electron chi connectivity index (χ3n) is 2.40. The van der Waals surface area contributed by atoms with Crippen LogP contribution in [0.1, 0.15) is 19.4 Å². The molecular formula is C12H18FNO2. The van der Waals surface area contributed by atoms with Crippen molar-refractivity contribution >= 4 is 0 Å². The van der Waals surface area contributed by atoms with E-state index in [0.717, 1.165) is 0 Å². The Morgan fingerprint density at radius 2 is 2.12 bits per heavy atom. The molecule has 0 aromatic heterocycles. The van der Waals surface area contributed by atoms with Crippen molar-refractivity contribution in [3.63, 3.8) is 0 Å². The van der Waals surface area contributed by atoms with Gasteiger partial charge in [-0.2, -0.15) is 0 Å². The standard InChI is InChI=1S/C12H18FNO2/c1-4-16-8-12(2,14)9-6-5-7-10(15-3)11(9)13/h5-7H,4,8,14H2,1-3H3. The van der Waals surface area contributed by atoms with Gasteiger partial charge in [-0.25, -0.2) is 4.39 Å². The van der Waals surface area contributed by atoms with Gasteiger partial charge in [0.1, 0.15) is 0 Å². The molecule has 0 saturated heterocycles. The normalized spacial score (nSPS) is 14.6. The maximum absolute atomic E-state index is 13.9. The molecule has 0 saturated carbocycles. The first kappa shape index (κ1) is 12.9. The SMILES string of the molecule is CCOCC(C)(N)c1cccc(OC)c1F. The van der Waals surface area contributed by atoms with Gasteiger partial charge in [0, 0.05) is 12.2 Å². The second kappa shape index (κ2) is 5.27. The van der Waals surface area contributed by atoms with Crippen LogP contribution in [-0.2, 0) is 10.3 Å². The van der Waals surface area contributed by atoms with Crippen molar-refractivity contribution in [3.05, 3.63) is 29.6 Å². The molecule has 90 valence electrons. The number of nitrogens with two attached hydrogens (primary N) is 1. The van der Waals surface area contributed by atoms with Crippen LogP contribution in [0.25, 0.3) is 0 Å². The fourth-order valence-electron chi connectivity index (χ4n) is 1.50. The lowest BCUT2D eigenvalue weighted by molar-refractivity contribution is 0.0991. The zero-order valence-electron chi connectivity index (χ0n) is 9.92. The van der Waals surface area contributed by atoms with E-state index in [4.69, 9.17) is 15.2 Å². The molecule has 0 radical (unpaired) electrons. The number of rotatable bonds is 5. The van der Waals surface area contributed by atoms with Gasteiger partial charge in [-0.05, 0) is 19.9 Å². The number of benzene rings is 1. The first-order valence-electron chi connectivity index (χ1n) is 5.22. The summed E-state index contributed by atoms with van der Waals surface area (Å²) >= 11 is 0. The minimum absolute atomic E-state index is 0.200. The second-order valence-electron chi connectivity index (χ2n) is 3.88. The Hall–Kier alpha value is -1.13. The highest BCUT2D eigenvalue weighted by molar-refractivity contribution is 5.35. The summed E-state index contributed by atoms with van der Waals surface area (Å²) < 4.78 is 24.1. The highest BCUT2D eigenvalue weighted by atomic mass is 19.1. The van der Waals surface area contributed by atoms with E-state index in [0.29, 0.717) is 12.2 Å². The predicted octanol–water partition coefficient (Wildman–Crippen LogP) is 2.04. The quantitative estimate of drug-likeness (QED) is 0.837. The molecule has 1 rings (SSSR count). The Morgan fingerprint density at radius 3 is 2.69 bits per heavy atom. The molecule has 1 aromatic rings. The predicted molar refractivity (Wildman–Crippen MR) is 61.0 cm³/mol. The van der Waals surface area contributed by atoms with Crippen molar-refractivity contribution in [2.24, 2.45) is 5.73 Å². The van der Waals surface area contributed by atoms with Crippen LogP contribution in [0.2, 0.25) is 0 Å². The van der Waals surface area contributed by atoms with Gasteiger partial charge in [0.15, 0.2) is 11.6 Å². The fraction of sp³-hybridized carbons (Fsp3) is 0.500. The molecule has 3 nitrogen and oxygen atoms in total. The van der Waals surface area contributed by atoms with Gasteiger partial charge < -0.3 is 15.2 Å². The van der Waals surface area contributed by atoms with Gasteiger partial charge >= 0.3 is 0 Å². The van der Waals surface area contributed by atoms with Crippen molar-refractivity contribution in [2.45, 2.75) is 19.4 Å². The van der Waals surface area contributed by atoms with E-state index < -0.39 is 11.4 Å². The van der Waals surface area contributed by atoms with E-state index in [9.17, 15) is 4.39 Å². The van der Waals surface area contributed by atoms with Crippen molar-refractivity contribution < 1.29 is 13.9 Å².